The van der Waals surface area contributed by atoms with E-state index in [1.807, 2.05) is 32.9 Å². The lowest BCUT2D eigenvalue weighted by Crippen LogP contribution is -2.04. The molecule has 1 aromatic heterocycles. The van der Waals surface area contributed by atoms with Crippen molar-refractivity contribution in [3.05, 3.63) is 46.5 Å². The number of aryl methyl sites for hydroxylation is 5. The molecule has 0 aliphatic carbocycles. The van der Waals surface area contributed by atoms with Gasteiger partial charge in [0.15, 0.2) is 5.82 Å². The van der Waals surface area contributed by atoms with Crippen LogP contribution >= 0.6 is 0 Å². The van der Waals surface area contributed by atoms with Gasteiger partial charge in [-0.1, -0.05) is 12.1 Å². The van der Waals surface area contributed by atoms with Crippen molar-refractivity contribution in [2.45, 2.75) is 33.6 Å². The molecular weight excluding hydrogens is 224 g/mol. The molecule has 2 rings (SSSR count). The molecule has 0 aliphatic heterocycles. The number of benzene rings is 1. The third-order valence-corrected chi connectivity index (χ3v) is 3.12. The van der Waals surface area contributed by atoms with Crippen LogP contribution in [0.15, 0.2) is 18.2 Å². The Kier molecular flexibility index (Phi) is 3.55. The van der Waals surface area contributed by atoms with E-state index in [-0.39, 0.29) is 0 Å². The summed E-state index contributed by atoms with van der Waals surface area (Å²) in [5, 5.41) is 8.19. The highest BCUT2D eigenvalue weighted by molar-refractivity contribution is 5.48. The minimum absolute atomic E-state index is 0.788. The summed E-state index contributed by atoms with van der Waals surface area (Å²) in [5.74, 6) is 0.789. The summed E-state index contributed by atoms with van der Waals surface area (Å²) < 4.78 is 0. The van der Waals surface area contributed by atoms with E-state index in [0.29, 0.717) is 0 Å². The fraction of sp³-hybridized carbons (Fsp3) is 0.357. The van der Waals surface area contributed by atoms with Gasteiger partial charge in [0.25, 0.3) is 0 Å². The molecule has 1 heterocycles. The third-order valence-electron chi connectivity index (χ3n) is 3.12. The monoisotopic (exact) mass is 242 g/mol. The summed E-state index contributed by atoms with van der Waals surface area (Å²) in [6.07, 6.45) is 1.67. The van der Waals surface area contributed by atoms with Crippen LogP contribution < -0.4 is 5.73 Å². The van der Waals surface area contributed by atoms with Crippen LogP contribution in [0.4, 0.5) is 5.69 Å². The molecule has 0 fully saturated rings. The van der Waals surface area contributed by atoms with E-state index in [1.54, 1.807) is 0 Å². The van der Waals surface area contributed by atoms with Gasteiger partial charge in [0.1, 0.15) is 0 Å². The first-order chi connectivity index (χ1) is 8.56. The van der Waals surface area contributed by atoms with Gasteiger partial charge in [0, 0.05) is 12.1 Å². The highest BCUT2D eigenvalue weighted by atomic mass is 15.2. The van der Waals surface area contributed by atoms with E-state index in [1.165, 1.54) is 5.56 Å². The largest absolute Gasteiger partial charge is 0.399 e. The molecule has 0 unspecified atom stereocenters. The number of nitrogens with two attached hydrogens (primary N) is 1. The van der Waals surface area contributed by atoms with Crippen LogP contribution in [0.1, 0.15) is 28.3 Å². The van der Waals surface area contributed by atoms with Crippen LogP contribution in [0.3, 0.4) is 0 Å². The molecule has 0 aliphatic rings. The number of rotatable bonds is 3. The molecule has 2 N–H and O–H groups in total. The van der Waals surface area contributed by atoms with E-state index < -0.39 is 0 Å². The third kappa shape index (κ3) is 2.83. The van der Waals surface area contributed by atoms with Crippen molar-refractivity contribution in [2.24, 2.45) is 0 Å². The molecular formula is C14H18N4. The molecule has 4 nitrogen and oxygen atoms in total. The van der Waals surface area contributed by atoms with Gasteiger partial charge in [0.05, 0.1) is 11.4 Å². The normalized spacial score (nSPS) is 10.6. The Morgan fingerprint density at radius 2 is 1.78 bits per heavy atom. The molecule has 94 valence electrons. The highest BCUT2D eigenvalue weighted by Gasteiger charge is 2.03. The Hall–Kier alpha value is -1.97. The van der Waals surface area contributed by atoms with Crippen molar-refractivity contribution in [3.8, 4) is 0 Å². The van der Waals surface area contributed by atoms with Crippen molar-refractivity contribution in [3.63, 3.8) is 0 Å². The summed E-state index contributed by atoms with van der Waals surface area (Å²) in [5.41, 5.74) is 10.9. The average molecular weight is 242 g/mol. The predicted octanol–water partition coefficient (Wildman–Crippen LogP) is 2.16. The van der Waals surface area contributed by atoms with E-state index in [9.17, 15) is 0 Å². The van der Waals surface area contributed by atoms with Crippen LogP contribution in [0.5, 0.6) is 0 Å². The lowest BCUT2D eigenvalue weighted by atomic mass is 10.1. The second kappa shape index (κ2) is 5.12. The smallest absolute Gasteiger partial charge is 0.151 e. The Morgan fingerprint density at radius 1 is 1.00 bits per heavy atom. The number of nitrogen functional groups attached to an aromatic ring is 1. The zero-order chi connectivity index (χ0) is 13.1. The molecule has 0 atom stereocenters. The number of aromatic nitrogens is 3. The molecule has 18 heavy (non-hydrogen) atoms. The Morgan fingerprint density at radius 3 is 2.44 bits per heavy atom. The summed E-state index contributed by atoms with van der Waals surface area (Å²) in [4.78, 5) is 4.42. The maximum atomic E-state index is 5.89. The molecule has 2 aromatic rings. The number of nitrogens with zero attached hydrogens (tertiary/aromatic N) is 3. The van der Waals surface area contributed by atoms with Gasteiger partial charge >= 0.3 is 0 Å². The van der Waals surface area contributed by atoms with Gasteiger partial charge in [-0.25, -0.2) is 4.98 Å². The summed E-state index contributed by atoms with van der Waals surface area (Å²) in [6.45, 7) is 5.88. The Balaban J connectivity index is 2.06. The van der Waals surface area contributed by atoms with E-state index in [2.05, 4.69) is 21.2 Å². The Bertz CT molecular complexity index is 512. The number of hydrogen-bond donors (Lipinski definition) is 1. The molecule has 1 aromatic carbocycles. The average Bonchev–Trinajstić information content (AvgIpc) is 2.35. The summed E-state index contributed by atoms with van der Waals surface area (Å²) in [7, 11) is 0. The molecule has 0 saturated carbocycles. The standard InChI is InChI=1S/C14H18N4/c1-9-4-5-12(8-13(9)15)6-7-14-16-10(2)11(3)17-18-14/h4-5,8H,6-7,15H2,1-3H3. The van der Waals surface area contributed by atoms with Crippen molar-refractivity contribution in [2.75, 3.05) is 5.73 Å². The second-order valence-electron chi connectivity index (χ2n) is 4.59. The van der Waals surface area contributed by atoms with Crippen LogP contribution in [0.2, 0.25) is 0 Å². The fourth-order valence-corrected chi connectivity index (χ4v) is 1.71. The maximum absolute atomic E-state index is 5.89. The van der Waals surface area contributed by atoms with Crippen LogP contribution in [-0.4, -0.2) is 15.2 Å². The van der Waals surface area contributed by atoms with Gasteiger partial charge in [-0.2, -0.15) is 5.10 Å². The van der Waals surface area contributed by atoms with Gasteiger partial charge in [-0.3, -0.25) is 0 Å². The van der Waals surface area contributed by atoms with Gasteiger partial charge in [-0.15, -0.1) is 5.10 Å². The second-order valence-corrected chi connectivity index (χ2v) is 4.59. The van der Waals surface area contributed by atoms with Crippen LogP contribution in [-0.2, 0) is 12.8 Å². The Labute approximate surface area is 107 Å². The zero-order valence-corrected chi connectivity index (χ0v) is 11.1. The SMILES string of the molecule is Cc1ccc(CCc2nnc(C)c(C)n2)cc1N. The van der Waals surface area contributed by atoms with Crippen molar-refractivity contribution >= 4 is 5.69 Å². The van der Waals surface area contributed by atoms with Gasteiger partial charge in [0.2, 0.25) is 0 Å². The lowest BCUT2D eigenvalue weighted by Gasteiger charge is -2.05. The van der Waals surface area contributed by atoms with Crippen LogP contribution in [0, 0.1) is 20.8 Å². The topological polar surface area (TPSA) is 64.7 Å². The first-order valence-corrected chi connectivity index (χ1v) is 6.08. The zero-order valence-electron chi connectivity index (χ0n) is 11.1. The van der Waals surface area contributed by atoms with Gasteiger partial charge in [-0.05, 0) is 44.4 Å². The number of hydrogen-bond acceptors (Lipinski definition) is 4. The first kappa shape index (κ1) is 12.5. The van der Waals surface area contributed by atoms with E-state index in [0.717, 1.165) is 41.3 Å². The molecule has 4 heteroatoms. The molecule has 0 bridgehead atoms. The first-order valence-electron chi connectivity index (χ1n) is 6.08. The maximum Gasteiger partial charge on any atom is 0.151 e. The lowest BCUT2D eigenvalue weighted by molar-refractivity contribution is 0.772. The fourth-order valence-electron chi connectivity index (χ4n) is 1.71. The summed E-state index contributed by atoms with van der Waals surface area (Å²) >= 11 is 0. The molecule has 0 amide bonds. The quantitative estimate of drug-likeness (QED) is 0.838. The van der Waals surface area contributed by atoms with E-state index in [4.69, 9.17) is 5.73 Å². The molecule has 0 spiro atoms. The summed E-state index contributed by atoms with van der Waals surface area (Å²) in [6, 6.07) is 6.16. The molecule has 0 saturated heterocycles. The highest BCUT2D eigenvalue weighted by Crippen LogP contribution is 2.14. The van der Waals surface area contributed by atoms with Crippen molar-refractivity contribution < 1.29 is 0 Å². The minimum atomic E-state index is 0.788. The number of anilines is 1. The van der Waals surface area contributed by atoms with Crippen molar-refractivity contribution in [1.29, 1.82) is 0 Å². The van der Waals surface area contributed by atoms with Crippen molar-refractivity contribution in [1.82, 2.24) is 15.2 Å². The predicted molar refractivity (Wildman–Crippen MR) is 72.3 cm³/mol. The van der Waals surface area contributed by atoms with E-state index >= 15 is 0 Å². The van der Waals surface area contributed by atoms with Gasteiger partial charge < -0.3 is 5.73 Å². The van der Waals surface area contributed by atoms with Crippen LogP contribution in [0.25, 0.3) is 0 Å². The molecule has 0 radical (unpaired) electrons. The minimum Gasteiger partial charge on any atom is -0.399 e.